The van der Waals surface area contributed by atoms with Crippen LogP contribution in [0.1, 0.15) is 5.56 Å². The molecule has 0 saturated carbocycles. The van der Waals surface area contributed by atoms with Crippen LogP contribution >= 0.6 is 0 Å². The number of nitrogens with one attached hydrogen (secondary N) is 1. The van der Waals surface area contributed by atoms with Crippen LogP contribution in [0.25, 0.3) is 0 Å². The van der Waals surface area contributed by atoms with Gasteiger partial charge in [-0.15, -0.1) is 0 Å². The molecule has 4 rings (SSSR count). The minimum Gasteiger partial charge on any atom is -0.352 e. The molecule has 0 bridgehead atoms. The van der Waals surface area contributed by atoms with Crippen molar-refractivity contribution in [3.63, 3.8) is 0 Å². The van der Waals surface area contributed by atoms with E-state index in [-0.39, 0.29) is 11.3 Å². The van der Waals surface area contributed by atoms with Crippen LogP contribution in [0.2, 0.25) is 0 Å². The number of hydrogen-bond acceptors (Lipinski definition) is 8. The lowest BCUT2D eigenvalue weighted by atomic mass is 10.2. The zero-order valence-electron chi connectivity index (χ0n) is 16.6. The predicted molar refractivity (Wildman–Crippen MR) is 113 cm³/mol. The summed E-state index contributed by atoms with van der Waals surface area (Å²) in [5.41, 5.74) is 0.152. The number of anilines is 3. The van der Waals surface area contributed by atoms with Gasteiger partial charge in [0.05, 0.1) is 17.4 Å². The summed E-state index contributed by atoms with van der Waals surface area (Å²) in [7, 11) is -4.34. The Bertz CT molecular complexity index is 1270. The van der Waals surface area contributed by atoms with E-state index in [2.05, 4.69) is 19.7 Å². The summed E-state index contributed by atoms with van der Waals surface area (Å²) in [6, 6.07) is 7.25. The number of benzene rings is 1. The van der Waals surface area contributed by atoms with Crippen molar-refractivity contribution in [1.29, 1.82) is 5.26 Å². The largest absolute Gasteiger partial charge is 0.352 e. The lowest BCUT2D eigenvalue weighted by Gasteiger charge is -2.35. The average Bonchev–Trinajstić information content (AvgIpc) is 2.79. The van der Waals surface area contributed by atoms with E-state index in [0.29, 0.717) is 44.0 Å². The van der Waals surface area contributed by atoms with Crippen LogP contribution in [0.4, 0.5) is 26.2 Å². The van der Waals surface area contributed by atoms with Gasteiger partial charge < -0.3 is 9.80 Å². The van der Waals surface area contributed by atoms with Crippen molar-refractivity contribution in [2.24, 2.45) is 0 Å². The smallest absolute Gasteiger partial charge is 0.264 e. The zero-order chi connectivity index (χ0) is 22.7. The normalized spacial score (nSPS) is 14.2. The highest BCUT2D eigenvalue weighted by Gasteiger charge is 2.24. The molecule has 0 radical (unpaired) electrons. The van der Waals surface area contributed by atoms with E-state index in [1.807, 2.05) is 15.9 Å². The molecule has 0 amide bonds. The fraction of sp³-hybridized carbons (Fsp3) is 0.200. The maximum atomic E-state index is 13.9. The molecule has 0 unspecified atom stereocenters. The number of aromatic nitrogens is 3. The molecule has 2 aromatic heterocycles. The molecule has 0 aliphatic carbocycles. The van der Waals surface area contributed by atoms with Crippen LogP contribution < -0.4 is 14.5 Å². The van der Waals surface area contributed by atoms with Crippen LogP contribution in [-0.2, 0) is 10.0 Å². The van der Waals surface area contributed by atoms with E-state index in [4.69, 9.17) is 0 Å². The second-order valence-electron chi connectivity index (χ2n) is 6.91. The maximum Gasteiger partial charge on any atom is 0.264 e. The number of sulfonamides is 1. The third kappa shape index (κ3) is 4.42. The quantitative estimate of drug-likeness (QED) is 0.620. The van der Waals surface area contributed by atoms with Crippen LogP contribution in [0.3, 0.4) is 0 Å². The number of halogens is 2. The molecule has 3 heterocycles. The van der Waals surface area contributed by atoms with Crippen molar-refractivity contribution in [2.45, 2.75) is 4.90 Å². The number of hydrogen-bond donors (Lipinski definition) is 1. The minimum absolute atomic E-state index is 0.00894. The molecular formula is C20H17F2N7O2S. The Kier molecular flexibility index (Phi) is 5.83. The fourth-order valence-electron chi connectivity index (χ4n) is 3.32. The average molecular weight is 457 g/mol. The summed E-state index contributed by atoms with van der Waals surface area (Å²) >= 11 is 0. The van der Waals surface area contributed by atoms with Crippen molar-refractivity contribution in [2.75, 3.05) is 40.7 Å². The van der Waals surface area contributed by atoms with Gasteiger partial charge in [0, 0.05) is 44.6 Å². The molecule has 1 aliphatic heterocycles. The highest BCUT2D eigenvalue weighted by atomic mass is 32.2. The number of nitrogens with zero attached hydrogens (tertiary/aromatic N) is 6. The van der Waals surface area contributed by atoms with Crippen molar-refractivity contribution < 1.29 is 17.2 Å². The molecule has 1 N–H and O–H groups in total. The first-order valence-electron chi connectivity index (χ1n) is 9.52. The van der Waals surface area contributed by atoms with E-state index in [1.54, 1.807) is 18.5 Å². The van der Waals surface area contributed by atoms with Gasteiger partial charge in [0.15, 0.2) is 0 Å². The summed E-state index contributed by atoms with van der Waals surface area (Å²) in [6.07, 6.45) is 4.59. The second kappa shape index (κ2) is 8.72. The number of nitriles is 1. The highest BCUT2D eigenvalue weighted by Crippen LogP contribution is 2.25. The number of pyridine rings is 1. The summed E-state index contributed by atoms with van der Waals surface area (Å²) in [6.45, 7) is 2.36. The Morgan fingerprint density at radius 1 is 1.00 bits per heavy atom. The minimum atomic E-state index is -4.34. The van der Waals surface area contributed by atoms with Crippen LogP contribution in [0.5, 0.6) is 0 Å². The fourth-order valence-corrected chi connectivity index (χ4v) is 4.42. The standard InChI is InChI=1S/C20H17F2N7O2S/c21-15-2-3-18(17(22)11-15)32(30,31)27-16-10-14(12-23)19(26-13-16)28-6-8-29(9-7-28)20-24-4-1-5-25-20/h1-5,10-11,13,27H,6-9H2. The second-order valence-corrected chi connectivity index (χ2v) is 8.56. The van der Waals surface area contributed by atoms with Crippen LogP contribution in [-0.4, -0.2) is 49.5 Å². The maximum absolute atomic E-state index is 13.9. The number of rotatable bonds is 5. The third-order valence-corrected chi connectivity index (χ3v) is 6.25. The topological polar surface area (TPSA) is 115 Å². The first kappa shape index (κ1) is 21.4. The van der Waals surface area contributed by atoms with E-state index in [9.17, 15) is 22.5 Å². The summed E-state index contributed by atoms with van der Waals surface area (Å²) < 4.78 is 54.1. The highest BCUT2D eigenvalue weighted by molar-refractivity contribution is 7.92. The molecule has 0 spiro atoms. The van der Waals surface area contributed by atoms with Crippen molar-refractivity contribution in [1.82, 2.24) is 15.0 Å². The molecule has 1 saturated heterocycles. The van der Waals surface area contributed by atoms with E-state index in [1.165, 1.54) is 12.3 Å². The summed E-state index contributed by atoms with van der Waals surface area (Å²) in [5.74, 6) is -1.07. The van der Waals surface area contributed by atoms with E-state index < -0.39 is 26.6 Å². The van der Waals surface area contributed by atoms with Crippen molar-refractivity contribution in [3.05, 3.63) is 66.1 Å². The molecule has 9 nitrogen and oxygen atoms in total. The first-order chi connectivity index (χ1) is 15.4. The van der Waals surface area contributed by atoms with E-state index >= 15 is 0 Å². The van der Waals surface area contributed by atoms with Gasteiger partial charge in [-0.3, -0.25) is 4.72 Å². The SMILES string of the molecule is N#Cc1cc(NS(=O)(=O)c2ccc(F)cc2F)cnc1N1CCN(c2ncccn2)CC1. The Balaban J connectivity index is 1.51. The van der Waals surface area contributed by atoms with E-state index in [0.717, 1.165) is 12.1 Å². The van der Waals surface area contributed by atoms with Crippen molar-refractivity contribution >= 4 is 27.5 Å². The lowest BCUT2D eigenvalue weighted by Crippen LogP contribution is -2.47. The Morgan fingerprint density at radius 2 is 1.69 bits per heavy atom. The molecule has 1 aromatic carbocycles. The van der Waals surface area contributed by atoms with Gasteiger partial charge in [0.2, 0.25) is 5.95 Å². The summed E-state index contributed by atoms with van der Waals surface area (Å²) in [5, 5.41) is 9.57. The Labute approximate surface area is 183 Å². The molecule has 1 fully saturated rings. The van der Waals surface area contributed by atoms with Crippen LogP contribution in [0.15, 0.2) is 53.8 Å². The van der Waals surface area contributed by atoms with Gasteiger partial charge in [-0.05, 0) is 24.3 Å². The molecule has 32 heavy (non-hydrogen) atoms. The summed E-state index contributed by atoms with van der Waals surface area (Å²) in [4.78, 5) is 15.9. The number of piperazine rings is 1. The zero-order valence-corrected chi connectivity index (χ0v) is 17.4. The van der Waals surface area contributed by atoms with Gasteiger partial charge in [0.25, 0.3) is 10.0 Å². The predicted octanol–water partition coefficient (Wildman–Crippen LogP) is 2.15. The monoisotopic (exact) mass is 457 g/mol. The molecule has 3 aromatic rings. The Hall–Kier alpha value is -3.85. The van der Waals surface area contributed by atoms with Gasteiger partial charge in [-0.2, -0.15) is 5.26 Å². The van der Waals surface area contributed by atoms with Gasteiger partial charge in [-0.1, -0.05) is 0 Å². The van der Waals surface area contributed by atoms with Crippen molar-refractivity contribution in [3.8, 4) is 6.07 Å². The first-order valence-corrected chi connectivity index (χ1v) is 11.0. The molecule has 0 atom stereocenters. The van der Waals surface area contributed by atoms with Crippen LogP contribution in [0, 0.1) is 23.0 Å². The molecule has 164 valence electrons. The lowest BCUT2D eigenvalue weighted by molar-refractivity contribution is 0.551. The van der Waals surface area contributed by atoms with Gasteiger partial charge in [0.1, 0.15) is 28.4 Å². The molecular weight excluding hydrogens is 440 g/mol. The molecule has 12 heteroatoms. The Morgan fingerprint density at radius 3 is 2.34 bits per heavy atom. The van der Waals surface area contributed by atoms with Gasteiger partial charge in [-0.25, -0.2) is 32.2 Å². The third-order valence-electron chi connectivity index (χ3n) is 4.84. The van der Waals surface area contributed by atoms with Gasteiger partial charge >= 0.3 is 0 Å². The molecule has 1 aliphatic rings.